The molecule has 4 heterocycles. The van der Waals surface area contributed by atoms with Gasteiger partial charge < -0.3 is 14.9 Å². The molecule has 11 nitrogen and oxygen atoms in total. The van der Waals surface area contributed by atoms with Crippen LogP contribution in [0.3, 0.4) is 0 Å². The molecule has 3 amide bonds. The number of nitrogens with zero attached hydrogens (tertiary/aromatic N) is 4. The van der Waals surface area contributed by atoms with Gasteiger partial charge in [-0.25, -0.2) is 22.2 Å². The predicted molar refractivity (Wildman–Crippen MR) is 143 cm³/mol. The number of likely N-dealkylation sites (tertiary alicyclic amines) is 1. The number of carbonyl (C=O) groups excluding carboxylic acids is 3. The third kappa shape index (κ3) is 5.29. The number of aryl methyl sites for hydroxylation is 2. The van der Waals surface area contributed by atoms with Gasteiger partial charge in [0, 0.05) is 45.2 Å². The Bertz CT molecular complexity index is 1540. The van der Waals surface area contributed by atoms with Gasteiger partial charge in [0.05, 0.1) is 34.0 Å². The van der Waals surface area contributed by atoms with Gasteiger partial charge in [0.2, 0.25) is 11.8 Å². The molecule has 0 spiro atoms. The highest BCUT2D eigenvalue weighted by Crippen LogP contribution is 2.40. The minimum absolute atomic E-state index is 0.00591. The topological polar surface area (TPSA) is 140 Å². The van der Waals surface area contributed by atoms with Crippen molar-refractivity contribution in [1.82, 2.24) is 24.4 Å². The summed E-state index contributed by atoms with van der Waals surface area (Å²) in [6.45, 7) is 4.17. The zero-order valence-corrected chi connectivity index (χ0v) is 24.5. The fourth-order valence-electron chi connectivity index (χ4n) is 5.75. The van der Waals surface area contributed by atoms with Crippen molar-refractivity contribution in [3.05, 3.63) is 45.1 Å². The van der Waals surface area contributed by atoms with Crippen molar-refractivity contribution in [2.75, 3.05) is 33.2 Å². The number of benzene rings is 1. The Morgan fingerprint density at radius 3 is 2.51 bits per heavy atom. The molecule has 1 atom stereocenters. The molecule has 1 aromatic carbocycles. The summed E-state index contributed by atoms with van der Waals surface area (Å²) in [5, 5.41) is 14.2. The van der Waals surface area contributed by atoms with E-state index in [-0.39, 0.29) is 67.2 Å². The van der Waals surface area contributed by atoms with Gasteiger partial charge >= 0.3 is 0 Å². The van der Waals surface area contributed by atoms with Crippen molar-refractivity contribution in [2.45, 2.75) is 61.9 Å². The number of aliphatic hydroxyl groups is 1. The van der Waals surface area contributed by atoms with Crippen molar-refractivity contribution in [3.63, 3.8) is 0 Å². The molecule has 2 N–H and O–H groups in total. The zero-order valence-electron chi connectivity index (χ0n) is 22.9. The SMILES string of the molecule is Cc1nc(C)c(S(=O)(=O)N(C)CCN2CCC(O)(c3c(F)cc4c(c3F)CN(C3CCC(=O)NC3=O)C4=O)CC2)s1. The molecule has 5 rings (SSSR count). The van der Waals surface area contributed by atoms with Crippen LogP contribution in [0.4, 0.5) is 8.78 Å². The monoisotopic (exact) mass is 611 g/mol. The number of imide groups is 1. The Morgan fingerprint density at radius 1 is 1.22 bits per heavy atom. The fourth-order valence-corrected chi connectivity index (χ4v) is 8.59. The maximum atomic E-state index is 15.8. The molecule has 1 unspecified atom stereocenters. The standard InChI is InChI=1S/C26H31F2N5O6S2/c1-14-25(40-15(2)29-14)41(38,39)31(3)10-11-32-8-6-26(37,7-9-32)21-18(27)12-16-17(22(21)28)13-33(24(16)36)19-4-5-20(34)30-23(19)35/h12,19,37H,4-11,13H2,1-3H3,(H,30,34,35). The fraction of sp³-hybridized carbons (Fsp3) is 0.538. The summed E-state index contributed by atoms with van der Waals surface area (Å²) < 4.78 is 58.5. The van der Waals surface area contributed by atoms with Crippen LogP contribution >= 0.6 is 11.3 Å². The highest BCUT2D eigenvalue weighted by atomic mass is 32.2. The van der Waals surface area contributed by atoms with Crippen LogP contribution in [0, 0.1) is 25.5 Å². The second-order valence-corrected chi connectivity index (χ2v) is 14.2. The zero-order chi connectivity index (χ0) is 29.9. The number of piperidine rings is 2. The molecule has 2 fully saturated rings. The van der Waals surface area contributed by atoms with E-state index < -0.39 is 56.6 Å². The van der Waals surface area contributed by atoms with Gasteiger partial charge in [0.15, 0.2) is 4.21 Å². The summed E-state index contributed by atoms with van der Waals surface area (Å²) in [4.78, 5) is 44.0. The van der Waals surface area contributed by atoms with Gasteiger partial charge in [-0.05, 0) is 39.2 Å². The third-order valence-corrected chi connectivity index (χ3v) is 11.6. The van der Waals surface area contributed by atoms with Crippen molar-refractivity contribution >= 4 is 39.1 Å². The van der Waals surface area contributed by atoms with E-state index in [0.29, 0.717) is 17.2 Å². The number of amides is 3. The summed E-state index contributed by atoms with van der Waals surface area (Å²) in [5.74, 6) is -3.88. The van der Waals surface area contributed by atoms with Crippen molar-refractivity contribution in [3.8, 4) is 0 Å². The molecule has 2 aromatic rings. The predicted octanol–water partition coefficient (Wildman–Crippen LogP) is 1.40. The number of likely N-dealkylation sites (N-methyl/N-ethyl adjacent to an activating group) is 1. The van der Waals surface area contributed by atoms with Crippen LogP contribution in [-0.2, 0) is 31.8 Å². The number of fused-ring (bicyclic) bond motifs is 1. The van der Waals surface area contributed by atoms with Crippen LogP contribution in [0.2, 0.25) is 0 Å². The van der Waals surface area contributed by atoms with Crippen LogP contribution in [-0.4, -0.2) is 89.6 Å². The summed E-state index contributed by atoms with van der Waals surface area (Å²) in [7, 11) is -2.23. The maximum Gasteiger partial charge on any atom is 0.255 e. The molecule has 41 heavy (non-hydrogen) atoms. The van der Waals surface area contributed by atoms with E-state index in [1.165, 1.54) is 11.4 Å². The summed E-state index contributed by atoms with van der Waals surface area (Å²) >= 11 is 1.11. The average Bonchev–Trinajstić information content (AvgIpc) is 3.42. The number of sulfonamides is 1. The highest BCUT2D eigenvalue weighted by Gasteiger charge is 2.45. The number of aromatic nitrogens is 1. The van der Waals surface area contributed by atoms with Gasteiger partial charge in [-0.3, -0.25) is 19.7 Å². The molecule has 0 saturated carbocycles. The molecule has 0 radical (unpaired) electrons. The Balaban J connectivity index is 1.26. The lowest BCUT2D eigenvalue weighted by atomic mass is 9.82. The van der Waals surface area contributed by atoms with E-state index in [1.807, 2.05) is 4.90 Å². The third-order valence-electron chi connectivity index (χ3n) is 8.11. The molecular formula is C26H31F2N5O6S2. The first-order valence-electron chi connectivity index (χ1n) is 13.2. The van der Waals surface area contributed by atoms with Crippen molar-refractivity contribution in [1.29, 1.82) is 0 Å². The number of hydrogen-bond acceptors (Lipinski definition) is 9. The molecule has 2 saturated heterocycles. The Labute approximate surface area is 240 Å². The molecule has 15 heteroatoms. The van der Waals surface area contributed by atoms with Crippen LogP contribution in [0.1, 0.15) is 57.9 Å². The van der Waals surface area contributed by atoms with Crippen LogP contribution in [0.5, 0.6) is 0 Å². The summed E-state index contributed by atoms with van der Waals surface area (Å²) in [6.07, 6.45) is 0.102. The van der Waals surface area contributed by atoms with E-state index >= 15 is 8.78 Å². The molecule has 222 valence electrons. The largest absolute Gasteiger partial charge is 0.385 e. The first-order valence-corrected chi connectivity index (χ1v) is 15.5. The van der Waals surface area contributed by atoms with Crippen molar-refractivity contribution < 1.29 is 36.7 Å². The van der Waals surface area contributed by atoms with Gasteiger partial charge in [0.1, 0.15) is 17.7 Å². The smallest absolute Gasteiger partial charge is 0.255 e. The van der Waals surface area contributed by atoms with Crippen LogP contribution < -0.4 is 5.32 Å². The second-order valence-electron chi connectivity index (χ2n) is 10.8. The molecule has 3 aliphatic heterocycles. The van der Waals surface area contributed by atoms with Gasteiger partial charge in [0.25, 0.3) is 15.9 Å². The minimum Gasteiger partial charge on any atom is -0.385 e. The Hall–Kier alpha value is -2.85. The molecule has 3 aliphatic rings. The lowest BCUT2D eigenvalue weighted by Gasteiger charge is -2.39. The Kier molecular flexibility index (Phi) is 7.78. The normalized spacial score (nSPS) is 21.5. The van der Waals surface area contributed by atoms with E-state index in [9.17, 15) is 27.9 Å². The lowest BCUT2D eigenvalue weighted by molar-refractivity contribution is -0.136. The number of nitrogens with one attached hydrogen (secondary N) is 1. The average molecular weight is 612 g/mol. The molecular weight excluding hydrogens is 580 g/mol. The molecule has 0 bridgehead atoms. The number of carbonyl (C=O) groups is 3. The van der Waals surface area contributed by atoms with Crippen LogP contribution in [0.15, 0.2) is 10.3 Å². The van der Waals surface area contributed by atoms with Crippen LogP contribution in [0.25, 0.3) is 0 Å². The van der Waals surface area contributed by atoms with E-state index in [2.05, 4.69) is 10.3 Å². The quantitative estimate of drug-likeness (QED) is 0.448. The minimum atomic E-state index is -3.72. The van der Waals surface area contributed by atoms with Gasteiger partial charge in [-0.1, -0.05) is 0 Å². The van der Waals surface area contributed by atoms with Gasteiger partial charge in [-0.2, -0.15) is 4.31 Å². The lowest BCUT2D eigenvalue weighted by Crippen LogP contribution is -2.52. The molecule has 0 aliphatic carbocycles. The summed E-state index contributed by atoms with van der Waals surface area (Å²) in [6, 6.07) is -0.0641. The number of hydrogen-bond donors (Lipinski definition) is 2. The van der Waals surface area contributed by atoms with Gasteiger partial charge in [-0.15, -0.1) is 11.3 Å². The van der Waals surface area contributed by atoms with E-state index in [4.69, 9.17) is 0 Å². The first-order chi connectivity index (χ1) is 19.2. The maximum absolute atomic E-state index is 15.8. The number of thiazole rings is 1. The van der Waals surface area contributed by atoms with E-state index in [1.54, 1.807) is 13.8 Å². The Morgan fingerprint density at radius 2 is 1.90 bits per heavy atom. The highest BCUT2D eigenvalue weighted by molar-refractivity contribution is 7.91. The van der Waals surface area contributed by atoms with Crippen molar-refractivity contribution in [2.24, 2.45) is 0 Å². The number of rotatable bonds is 7. The summed E-state index contributed by atoms with van der Waals surface area (Å²) in [5.41, 5.74) is -2.19. The van der Waals surface area contributed by atoms with E-state index in [0.717, 1.165) is 22.3 Å². The number of halogens is 2. The molecule has 1 aromatic heterocycles. The second kappa shape index (κ2) is 10.8. The first kappa shape index (κ1) is 29.6.